The number of rotatable bonds is 1. The van der Waals surface area contributed by atoms with Crippen LogP contribution in [0.1, 0.15) is 37.9 Å². The first-order valence-electron chi connectivity index (χ1n) is 14.2. The predicted octanol–water partition coefficient (Wildman–Crippen LogP) is 2.21. The van der Waals surface area contributed by atoms with Gasteiger partial charge in [-0.15, -0.1) is 0 Å². The Morgan fingerprint density at radius 3 is 3.00 bits per heavy atom. The van der Waals surface area contributed by atoms with Gasteiger partial charge in [-0.1, -0.05) is 24.2 Å². The monoisotopic (exact) mass is 400 g/mol. The Morgan fingerprint density at radius 1 is 1.24 bits per heavy atom. The number of ether oxygens (including phenoxy) is 2. The molecule has 3 aliphatic rings. The molecule has 0 radical (unpaired) electrons. The summed E-state index contributed by atoms with van der Waals surface area (Å²) in [6, 6.07) is -1.51. The van der Waals surface area contributed by atoms with Gasteiger partial charge < -0.3 is 24.3 Å². The molecule has 2 amide bonds. The number of para-hydroxylation sites is 1. The van der Waals surface area contributed by atoms with E-state index < -0.39 is 74.7 Å². The first kappa shape index (κ1) is 8.90. The van der Waals surface area contributed by atoms with Gasteiger partial charge in [-0.05, 0) is 29.3 Å². The van der Waals surface area contributed by atoms with E-state index in [4.69, 9.17) is 24.6 Å². The van der Waals surface area contributed by atoms with E-state index in [0.717, 1.165) is 4.90 Å². The van der Waals surface area contributed by atoms with Gasteiger partial charge in [-0.3, -0.25) is 9.59 Å². The quantitative estimate of drug-likeness (QED) is 0.680. The van der Waals surface area contributed by atoms with Gasteiger partial charge in [-0.2, -0.15) is 0 Å². The molecule has 1 fully saturated rings. The number of H-pyrrole nitrogens is 1. The van der Waals surface area contributed by atoms with Gasteiger partial charge in [0, 0.05) is 36.8 Å². The lowest BCUT2D eigenvalue weighted by atomic mass is 9.86. The Morgan fingerprint density at radius 2 is 2.10 bits per heavy atom. The highest BCUT2D eigenvalue weighted by Crippen LogP contribution is 2.44. The standard InChI is InChI=1S/C22H19N3O4/c1-24-10-19(26)25-16(22(24)27)9-14-13-4-2-3-5-15(13)23-20(14)21(25)12-6-7-17-18(8-12)29-11-28-17/h2-8,16,21,23H,9-11H2,1H3/t16-,21?/m1/s1/i1D3,2D,3D,4D,5D,9D2,11D2. The summed E-state index contributed by atoms with van der Waals surface area (Å²) in [5, 5.41) is -0.237. The number of carbonyl (C=O) groups excluding carboxylic acids is 2. The summed E-state index contributed by atoms with van der Waals surface area (Å²) >= 11 is 0. The normalized spacial score (nSPS) is 32.2. The summed E-state index contributed by atoms with van der Waals surface area (Å²) in [5.74, 6) is -2.10. The maximum atomic E-state index is 13.6. The molecule has 0 bridgehead atoms. The summed E-state index contributed by atoms with van der Waals surface area (Å²) < 4.78 is 100. The minimum absolute atomic E-state index is 0.0440. The third-order valence-corrected chi connectivity index (χ3v) is 5.25. The lowest BCUT2D eigenvalue weighted by Gasteiger charge is -2.46. The zero-order valence-corrected chi connectivity index (χ0v) is 14.6. The number of likely N-dealkylation sites (N-methyl/N-ethyl adjacent to an activating group) is 1. The number of nitrogens with one attached hydrogen (secondary N) is 1. The van der Waals surface area contributed by atoms with Crippen molar-refractivity contribution in [1.82, 2.24) is 14.8 Å². The van der Waals surface area contributed by atoms with Gasteiger partial charge >= 0.3 is 0 Å². The van der Waals surface area contributed by atoms with E-state index >= 15 is 0 Å². The summed E-state index contributed by atoms with van der Waals surface area (Å²) in [7, 11) is 0. The number of fused-ring (bicyclic) bond motifs is 5. The largest absolute Gasteiger partial charge is 0.454 e. The van der Waals surface area contributed by atoms with Gasteiger partial charge in [-0.25, -0.2) is 0 Å². The number of piperazine rings is 1. The number of aromatic nitrogens is 1. The fraction of sp³-hybridized carbons (Fsp3) is 0.273. The second-order valence-corrected chi connectivity index (χ2v) is 6.83. The van der Waals surface area contributed by atoms with Crippen molar-refractivity contribution in [1.29, 1.82) is 0 Å². The molecule has 2 aromatic carbocycles. The number of hydrogen-bond donors (Lipinski definition) is 1. The van der Waals surface area contributed by atoms with Crippen molar-refractivity contribution in [2.45, 2.75) is 18.5 Å². The van der Waals surface area contributed by atoms with Crippen LogP contribution in [0.3, 0.4) is 0 Å². The minimum Gasteiger partial charge on any atom is -0.454 e. The molecule has 1 saturated heterocycles. The Balaban J connectivity index is 1.68. The van der Waals surface area contributed by atoms with Gasteiger partial charge in [0.15, 0.2) is 11.5 Å². The molecule has 29 heavy (non-hydrogen) atoms. The first-order chi connectivity index (χ1) is 18.5. The zero-order chi connectivity index (χ0) is 29.3. The average molecular weight is 400 g/mol. The molecule has 2 atom stereocenters. The van der Waals surface area contributed by atoms with Crippen LogP contribution in [0.2, 0.25) is 0 Å². The molecule has 146 valence electrons. The van der Waals surface area contributed by atoms with E-state index in [9.17, 15) is 9.59 Å². The fourth-order valence-corrected chi connectivity index (χ4v) is 3.98. The lowest BCUT2D eigenvalue weighted by Crippen LogP contribution is -2.62. The molecular formula is C22H19N3O4. The third-order valence-electron chi connectivity index (χ3n) is 5.25. The van der Waals surface area contributed by atoms with Gasteiger partial charge in [0.2, 0.25) is 18.6 Å². The van der Waals surface area contributed by atoms with Crippen LogP contribution < -0.4 is 9.47 Å². The van der Waals surface area contributed by atoms with Crippen LogP contribution >= 0.6 is 0 Å². The van der Waals surface area contributed by atoms with Crippen LogP contribution in [-0.4, -0.2) is 52.9 Å². The number of aromatic amines is 1. The van der Waals surface area contributed by atoms with Crippen LogP contribution in [0, 0.1) is 0 Å². The van der Waals surface area contributed by atoms with Gasteiger partial charge in [0.05, 0.1) is 18.1 Å². The van der Waals surface area contributed by atoms with Crippen LogP contribution in [0.15, 0.2) is 42.4 Å². The predicted molar refractivity (Wildman–Crippen MR) is 105 cm³/mol. The Kier molecular flexibility index (Phi) is 1.77. The highest BCUT2D eigenvalue weighted by atomic mass is 16.7. The molecule has 7 nitrogen and oxygen atoms in total. The molecule has 6 rings (SSSR count). The van der Waals surface area contributed by atoms with Gasteiger partial charge in [0.25, 0.3) is 0 Å². The van der Waals surface area contributed by atoms with E-state index in [2.05, 4.69) is 4.98 Å². The molecule has 7 heteroatoms. The summed E-state index contributed by atoms with van der Waals surface area (Å²) in [6.45, 7) is -6.41. The fourth-order valence-electron chi connectivity index (χ4n) is 3.98. The second kappa shape index (κ2) is 5.76. The van der Waals surface area contributed by atoms with Crippen molar-refractivity contribution in [3.63, 3.8) is 0 Å². The van der Waals surface area contributed by atoms with Crippen molar-refractivity contribution >= 4 is 22.7 Å². The minimum atomic E-state index is -3.06. The van der Waals surface area contributed by atoms with E-state index in [1.54, 1.807) is 0 Å². The molecule has 0 saturated carbocycles. The van der Waals surface area contributed by atoms with Crippen LogP contribution in [-0.2, 0) is 16.0 Å². The zero-order valence-electron chi connectivity index (χ0n) is 25.6. The van der Waals surface area contributed by atoms with Crippen molar-refractivity contribution < 1.29 is 34.1 Å². The second-order valence-electron chi connectivity index (χ2n) is 6.83. The molecule has 0 aliphatic carbocycles. The molecule has 4 heterocycles. The molecule has 3 aromatic rings. The first-order valence-corrected chi connectivity index (χ1v) is 8.72. The van der Waals surface area contributed by atoms with Crippen LogP contribution in [0.25, 0.3) is 10.9 Å². The summed E-state index contributed by atoms with van der Waals surface area (Å²) in [4.78, 5) is 31.3. The molecule has 1 aromatic heterocycles. The topological polar surface area (TPSA) is 74.9 Å². The maximum Gasteiger partial charge on any atom is 0.245 e. The van der Waals surface area contributed by atoms with Crippen LogP contribution in [0.4, 0.5) is 0 Å². The van der Waals surface area contributed by atoms with E-state index in [-0.39, 0.29) is 39.2 Å². The van der Waals surface area contributed by atoms with Crippen molar-refractivity contribution in [3.05, 3.63) is 59.2 Å². The van der Waals surface area contributed by atoms with Gasteiger partial charge in [0.1, 0.15) is 8.78 Å². The highest BCUT2D eigenvalue weighted by molar-refractivity contribution is 5.97. The SMILES string of the molecule is [2H]c1c([2H])c([2H])c2c3c([nH]c2c1[2H])C(c1ccc2c(c1)OC([2H])([2H])O2)N1C(=O)CN(C([2H])([2H])[2H])C(=O)[C@H]1C3([2H])[2H]. The number of hydrogen-bond acceptors (Lipinski definition) is 4. The molecule has 1 N–H and O–H groups in total. The van der Waals surface area contributed by atoms with E-state index in [1.807, 2.05) is 0 Å². The number of carbonyl (C=O) groups is 2. The van der Waals surface area contributed by atoms with E-state index in [0.29, 0.717) is 4.90 Å². The van der Waals surface area contributed by atoms with Crippen molar-refractivity contribution in [2.75, 3.05) is 20.3 Å². The number of amides is 2. The third kappa shape index (κ3) is 2.24. The lowest BCUT2D eigenvalue weighted by molar-refractivity contribution is -0.157. The van der Waals surface area contributed by atoms with Crippen molar-refractivity contribution in [2.24, 2.45) is 0 Å². The Hall–Kier alpha value is -3.48. The molecule has 1 unspecified atom stereocenters. The van der Waals surface area contributed by atoms with E-state index in [1.165, 1.54) is 18.2 Å². The number of benzene rings is 2. The Labute approximate surface area is 182 Å². The summed E-state index contributed by atoms with van der Waals surface area (Å²) in [5.41, 5.74) is -0.322. The summed E-state index contributed by atoms with van der Waals surface area (Å²) in [6.07, 6.45) is -2.80. The average Bonchev–Trinajstić information content (AvgIpc) is 3.39. The number of nitrogens with zero attached hydrogens (tertiary/aromatic N) is 2. The molecule has 3 aliphatic heterocycles. The Bertz CT molecular complexity index is 1650. The maximum absolute atomic E-state index is 13.6. The molecule has 0 spiro atoms. The molecular weight excluding hydrogens is 370 g/mol. The highest BCUT2D eigenvalue weighted by Gasteiger charge is 2.47. The van der Waals surface area contributed by atoms with Crippen LogP contribution in [0.5, 0.6) is 11.5 Å². The van der Waals surface area contributed by atoms with Crippen molar-refractivity contribution in [3.8, 4) is 11.5 Å². The smallest absolute Gasteiger partial charge is 0.245 e.